The molecule has 0 radical (unpaired) electrons. The predicted octanol–water partition coefficient (Wildman–Crippen LogP) is 6.05. The average Bonchev–Trinajstić information content (AvgIpc) is 3.56. The van der Waals surface area contributed by atoms with E-state index in [1.54, 1.807) is 18.2 Å². The molecule has 1 aliphatic rings. The molecule has 3 aromatic carbocycles. The summed E-state index contributed by atoms with van der Waals surface area (Å²) in [5.74, 6) is -0.405. The van der Waals surface area contributed by atoms with Crippen molar-refractivity contribution < 1.29 is 19.1 Å². The summed E-state index contributed by atoms with van der Waals surface area (Å²) in [6, 6.07) is 20.7. The molecule has 0 saturated heterocycles. The van der Waals surface area contributed by atoms with Gasteiger partial charge in [-0.25, -0.2) is 9.59 Å². The Balaban J connectivity index is 1.22. The van der Waals surface area contributed by atoms with Crippen LogP contribution in [-0.2, 0) is 23.2 Å². The molecule has 2 N–H and O–H groups in total. The summed E-state index contributed by atoms with van der Waals surface area (Å²) < 4.78 is 6.54. The van der Waals surface area contributed by atoms with Crippen molar-refractivity contribution in [3.63, 3.8) is 0 Å². The highest BCUT2D eigenvalue weighted by Crippen LogP contribution is 2.35. The van der Waals surface area contributed by atoms with Gasteiger partial charge in [0.25, 0.3) is 5.91 Å². The van der Waals surface area contributed by atoms with Crippen LogP contribution in [0.2, 0.25) is 0 Å². The van der Waals surface area contributed by atoms with Gasteiger partial charge >= 0.3 is 12.1 Å². The Morgan fingerprint density at radius 2 is 1.83 bits per heavy atom. The van der Waals surface area contributed by atoms with Crippen molar-refractivity contribution in [2.45, 2.75) is 51.7 Å². The van der Waals surface area contributed by atoms with Gasteiger partial charge in [0.15, 0.2) is 0 Å². The fourth-order valence-electron chi connectivity index (χ4n) is 5.07. The van der Waals surface area contributed by atoms with E-state index < -0.39 is 12.0 Å². The number of ether oxygens (including phenoxy) is 1. The second-order valence-corrected chi connectivity index (χ2v) is 11.4. The fourth-order valence-corrected chi connectivity index (χ4v) is 5.07. The first-order valence-corrected chi connectivity index (χ1v) is 13.7. The molecule has 1 heterocycles. The SMILES string of the molecule is CN(CC(=O)n1ncc2c(NC(=O)N[C@@H]3CCc4cc(C(C)(C)C)ccc43)cccc21)C(=O)OCc1ccccc1. The number of rotatable bonds is 6. The number of anilines is 1. The van der Waals surface area contributed by atoms with Crippen LogP contribution in [0.3, 0.4) is 0 Å². The molecule has 212 valence electrons. The summed E-state index contributed by atoms with van der Waals surface area (Å²) in [6.45, 7) is 6.48. The predicted molar refractivity (Wildman–Crippen MR) is 158 cm³/mol. The van der Waals surface area contributed by atoms with Gasteiger partial charge in [0, 0.05) is 12.4 Å². The Morgan fingerprint density at radius 3 is 2.59 bits per heavy atom. The van der Waals surface area contributed by atoms with E-state index in [-0.39, 0.29) is 30.6 Å². The van der Waals surface area contributed by atoms with Gasteiger partial charge < -0.3 is 20.3 Å². The molecule has 9 nitrogen and oxygen atoms in total. The van der Waals surface area contributed by atoms with Gasteiger partial charge in [-0.2, -0.15) is 9.78 Å². The average molecular weight is 554 g/mol. The monoisotopic (exact) mass is 553 g/mol. The molecule has 5 rings (SSSR count). The molecular weight excluding hydrogens is 518 g/mol. The maximum Gasteiger partial charge on any atom is 0.410 e. The van der Waals surface area contributed by atoms with Crippen molar-refractivity contribution in [1.29, 1.82) is 0 Å². The van der Waals surface area contributed by atoms with Crippen LogP contribution in [0.1, 0.15) is 60.3 Å². The van der Waals surface area contributed by atoms with E-state index in [1.165, 1.54) is 34.0 Å². The normalized spacial score (nSPS) is 14.4. The molecule has 0 fully saturated rings. The first-order valence-electron chi connectivity index (χ1n) is 13.7. The van der Waals surface area contributed by atoms with Crippen molar-refractivity contribution >= 4 is 34.6 Å². The van der Waals surface area contributed by atoms with E-state index in [0.717, 1.165) is 24.0 Å². The third kappa shape index (κ3) is 6.24. The van der Waals surface area contributed by atoms with Gasteiger partial charge in [-0.1, -0.05) is 75.4 Å². The topological polar surface area (TPSA) is 106 Å². The van der Waals surface area contributed by atoms with Crippen LogP contribution in [0.15, 0.2) is 72.9 Å². The van der Waals surface area contributed by atoms with Gasteiger partial charge in [0.2, 0.25) is 0 Å². The molecule has 0 saturated carbocycles. The minimum Gasteiger partial charge on any atom is -0.445 e. The number of hydrogen-bond donors (Lipinski definition) is 2. The zero-order valence-electron chi connectivity index (χ0n) is 23.8. The lowest BCUT2D eigenvalue weighted by atomic mass is 9.85. The van der Waals surface area contributed by atoms with Crippen LogP contribution in [0.25, 0.3) is 10.9 Å². The summed E-state index contributed by atoms with van der Waals surface area (Å²) in [6.07, 6.45) is 2.69. The third-order valence-electron chi connectivity index (χ3n) is 7.38. The van der Waals surface area contributed by atoms with E-state index in [4.69, 9.17) is 4.74 Å². The second-order valence-electron chi connectivity index (χ2n) is 11.4. The molecule has 9 heteroatoms. The molecule has 3 amide bonds. The number of carbonyl (C=O) groups excluding carboxylic acids is 3. The zero-order valence-corrected chi connectivity index (χ0v) is 23.8. The molecule has 1 aliphatic carbocycles. The molecule has 0 bridgehead atoms. The smallest absolute Gasteiger partial charge is 0.410 e. The summed E-state index contributed by atoms with van der Waals surface area (Å²) in [7, 11) is 1.50. The molecule has 4 aromatic rings. The number of nitrogens with zero attached hydrogens (tertiary/aromatic N) is 3. The lowest BCUT2D eigenvalue weighted by Crippen LogP contribution is -2.35. The van der Waals surface area contributed by atoms with E-state index >= 15 is 0 Å². The molecule has 0 unspecified atom stereocenters. The van der Waals surface area contributed by atoms with E-state index in [0.29, 0.717) is 16.6 Å². The summed E-state index contributed by atoms with van der Waals surface area (Å²) in [5, 5.41) is 10.9. The van der Waals surface area contributed by atoms with Crippen molar-refractivity contribution in [3.05, 3.63) is 95.2 Å². The van der Waals surface area contributed by atoms with Crippen LogP contribution < -0.4 is 10.6 Å². The first kappa shape index (κ1) is 27.9. The number of likely N-dealkylation sites (N-methyl/N-ethyl adjacent to an activating group) is 1. The van der Waals surface area contributed by atoms with Crippen molar-refractivity contribution in [2.24, 2.45) is 0 Å². The van der Waals surface area contributed by atoms with Crippen molar-refractivity contribution in [1.82, 2.24) is 20.0 Å². The lowest BCUT2D eigenvalue weighted by molar-refractivity contribution is 0.0778. The Kier molecular flexibility index (Phi) is 7.79. The Bertz CT molecular complexity index is 1590. The number of aromatic nitrogens is 2. The van der Waals surface area contributed by atoms with Gasteiger partial charge in [-0.05, 0) is 52.6 Å². The van der Waals surface area contributed by atoms with Crippen LogP contribution in [-0.4, -0.2) is 46.3 Å². The van der Waals surface area contributed by atoms with Crippen molar-refractivity contribution in [2.75, 3.05) is 18.9 Å². The number of aryl methyl sites for hydroxylation is 1. The fraction of sp³-hybridized carbons (Fsp3) is 0.312. The molecule has 0 aliphatic heterocycles. The number of fused-ring (bicyclic) bond motifs is 2. The molecule has 41 heavy (non-hydrogen) atoms. The van der Waals surface area contributed by atoms with Crippen LogP contribution in [0.5, 0.6) is 0 Å². The highest BCUT2D eigenvalue weighted by Gasteiger charge is 2.26. The summed E-state index contributed by atoms with van der Waals surface area (Å²) in [5.41, 5.74) is 5.71. The van der Waals surface area contributed by atoms with E-state index in [9.17, 15) is 14.4 Å². The molecule has 1 atom stereocenters. The number of nitrogens with one attached hydrogen (secondary N) is 2. The summed E-state index contributed by atoms with van der Waals surface area (Å²) >= 11 is 0. The maximum atomic E-state index is 13.0. The minimum atomic E-state index is -0.610. The Morgan fingerprint density at radius 1 is 1.05 bits per heavy atom. The van der Waals surface area contributed by atoms with Gasteiger partial charge in [-0.3, -0.25) is 4.79 Å². The largest absolute Gasteiger partial charge is 0.445 e. The van der Waals surface area contributed by atoms with Crippen LogP contribution >= 0.6 is 0 Å². The van der Waals surface area contributed by atoms with Crippen LogP contribution in [0, 0.1) is 0 Å². The number of hydrogen-bond acceptors (Lipinski definition) is 5. The summed E-state index contributed by atoms with van der Waals surface area (Å²) in [4.78, 5) is 39.6. The second kappa shape index (κ2) is 11.4. The number of benzene rings is 3. The van der Waals surface area contributed by atoms with E-state index in [1.807, 2.05) is 30.3 Å². The number of carbonyl (C=O) groups is 3. The third-order valence-corrected chi connectivity index (χ3v) is 7.38. The first-order chi connectivity index (χ1) is 19.6. The minimum absolute atomic E-state index is 0.0697. The molecule has 1 aromatic heterocycles. The molecular formula is C32H35N5O4. The highest BCUT2D eigenvalue weighted by molar-refractivity contribution is 6.03. The Labute approximate surface area is 239 Å². The zero-order chi connectivity index (χ0) is 29.1. The van der Waals surface area contributed by atoms with Crippen molar-refractivity contribution in [3.8, 4) is 0 Å². The number of urea groups is 1. The number of amides is 3. The standard InChI is InChI=1S/C32H35N5O4/c1-32(2,3)23-14-15-24-22(17-23)13-16-27(24)35-30(39)34-26-11-8-12-28-25(26)18-33-37(28)29(38)19-36(4)31(40)41-20-21-9-6-5-7-10-21/h5-12,14-15,17-18,27H,13,16,19-20H2,1-4H3,(H2,34,35,39)/t27-/m1/s1. The van der Waals surface area contributed by atoms with Gasteiger partial charge in [0.05, 0.1) is 23.4 Å². The lowest BCUT2D eigenvalue weighted by Gasteiger charge is -2.21. The Hall–Kier alpha value is -4.66. The van der Waals surface area contributed by atoms with Crippen LogP contribution in [0.4, 0.5) is 15.3 Å². The van der Waals surface area contributed by atoms with Gasteiger partial charge in [0.1, 0.15) is 13.2 Å². The quantitative estimate of drug-likeness (QED) is 0.302. The molecule has 0 spiro atoms. The maximum absolute atomic E-state index is 13.0. The van der Waals surface area contributed by atoms with E-state index in [2.05, 4.69) is 54.7 Å². The highest BCUT2D eigenvalue weighted by atomic mass is 16.6. The van der Waals surface area contributed by atoms with Gasteiger partial charge in [-0.15, -0.1) is 0 Å².